The Labute approximate surface area is 181 Å². The van der Waals surface area contributed by atoms with Crippen LogP contribution in [0.15, 0.2) is 59.8 Å². The number of benzene rings is 1. The van der Waals surface area contributed by atoms with Gasteiger partial charge in [-0.1, -0.05) is 18.2 Å². The minimum Gasteiger partial charge on any atom is -0.353 e. The van der Waals surface area contributed by atoms with Crippen LogP contribution in [0.25, 0.3) is 22.4 Å². The maximum Gasteiger partial charge on any atom is 0.262 e. The molecule has 5 aromatic rings. The first-order chi connectivity index (χ1) is 15.7. The van der Waals surface area contributed by atoms with Crippen molar-refractivity contribution in [2.75, 3.05) is 31.1 Å². The molecule has 32 heavy (non-hydrogen) atoms. The molecule has 1 fully saturated rings. The van der Waals surface area contributed by atoms with Crippen molar-refractivity contribution in [2.24, 2.45) is 0 Å². The van der Waals surface area contributed by atoms with E-state index in [1.165, 1.54) is 0 Å². The molecule has 1 saturated heterocycles. The van der Waals surface area contributed by atoms with Crippen molar-refractivity contribution in [3.05, 3.63) is 71.2 Å². The van der Waals surface area contributed by atoms with Crippen LogP contribution in [0.5, 0.6) is 0 Å². The van der Waals surface area contributed by atoms with Gasteiger partial charge in [0.15, 0.2) is 11.3 Å². The Morgan fingerprint density at radius 3 is 2.69 bits per heavy atom. The van der Waals surface area contributed by atoms with E-state index in [9.17, 15) is 4.79 Å². The topological polar surface area (TPSA) is 113 Å². The molecule has 0 bridgehead atoms. The summed E-state index contributed by atoms with van der Waals surface area (Å²) in [6.07, 6.45) is 3.17. The molecule has 6 rings (SSSR count). The van der Waals surface area contributed by atoms with Gasteiger partial charge in [-0.3, -0.25) is 9.69 Å². The van der Waals surface area contributed by atoms with Gasteiger partial charge in [-0.2, -0.15) is 9.61 Å². The number of anilines is 1. The number of piperazine rings is 1. The van der Waals surface area contributed by atoms with Gasteiger partial charge in [-0.15, -0.1) is 15.3 Å². The van der Waals surface area contributed by atoms with Crippen LogP contribution >= 0.6 is 0 Å². The van der Waals surface area contributed by atoms with Crippen molar-refractivity contribution in [2.45, 2.75) is 6.54 Å². The summed E-state index contributed by atoms with van der Waals surface area (Å²) < 4.78 is 3.39. The molecule has 160 valence electrons. The maximum absolute atomic E-state index is 12.6. The highest BCUT2D eigenvalue weighted by Gasteiger charge is 2.20. The Morgan fingerprint density at radius 2 is 1.84 bits per heavy atom. The molecular weight excluding hydrogens is 408 g/mol. The van der Waals surface area contributed by atoms with E-state index in [0.29, 0.717) is 23.4 Å². The molecule has 1 aromatic carbocycles. The molecule has 1 N–H and O–H groups in total. The highest BCUT2D eigenvalue weighted by atomic mass is 16.1. The zero-order chi connectivity index (χ0) is 21.5. The van der Waals surface area contributed by atoms with Crippen LogP contribution in [-0.2, 0) is 6.54 Å². The fourth-order valence-electron chi connectivity index (χ4n) is 4.03. The van der Waals surface area contributed by atoms with Gasteiger partial charge >= 0.3 is 0 Å². The van der Waals surface area contributed by atoms with E-state index in [1.807, 2.05) is 42.5 Å². The molecule has 1 aliphatic rings. The first kappa shape index (κ1) is 18.6. The summed E-state index contributed by atoms with van der Waals surface area (Å²) in [4.78, 5) is 24.8. The van der Waals surface area contributed by atoms with Crippen molar-refractivity contribution in [1.29, 1.82) is 0 Å². The van der Waals surface area contributed by atoms with Gasteiger partial charge < -0.3 is 9.88 Å². The second-order valence-electron chi connectivity index (χ2n) is 7.73. The summed E-state index contributed by atoms with van der Waals surface area (Å²) in [5.74, 6) is 1.54. The molecule has 0 radical (unpaired) electrons. The first-order valence-corrected chi connectivity index (χ1v) is 10.4. The number of hydrogen-bond donors (Lipinski definition) is 1. The third kappa shape index (κ3) is 3.28. The Bertz CT molecular complexity index is 1450. The predicted octanol–water partition coefficient (Wildman–Crippen LogP) is 0.869. The monoisotopic (exact) mass is 428 g/mol. The zero-order valence-electron chi connectivity index (χ0n) is 17.2. The molecule has 11 heteroatoms. The van der Waals surface area contributed by atoms with Crippen LogP contribution in [0, 0.1) is 0 Å². The summed E-state index contributed by atoms with van der Waals surface area (Å²) in [6, 6.07) is 13.6. The fourth-order valence-corrected chi connectivity index (χ4v) is 4.03. The Hall–Kier alpha value is -4.12. The van der Waals surface area contributed by atoms with Crippen LogP contribution in [0.1, 0.15) is 5.82 Å². The summed E-state index contributed by atoms with van der Waals surface area (Å²) in [7, 11) is 0. The molecule has 0 saturated carbocycles. The Kier molecular flexibility index (Phi) is 4.39. The third-order valence-electron chi connectivity index (χ3n) is 5.71. The normalized spacial score (nSPS) is 15.1. The molecule has 0 aliphatic carbocycles. The van der Waals surface area contributed by atoms with Crippen LogP contribution in [0.3, 0.4) is 0 Å². The van der Waals surface area contributed by atoms with Gasteiger partial charge in [0, 0.05) is 26.2 Å². The molecule has 0 amide bonds. The first-order valence-electron chi connectivity index (χ1n) is 10.4. The van der Waals surface area contributed by atoms with Crippen molar-refractivity contribution in [3.63, 3.8) is 0 Å². The molecule has 0 spiro atoms. The predicted molar refractivity (Wildman–Crippen MR) is 118 cm³/mol. The lowest BCUT2D eigenvalue weighted by molar-refractivity contribution is 0.243. The molecule has 4 aromatic heterocycles. The van der Waals surface area contributed by atoms with E-state index in [2.05, 4.69) is 35.2 Å². The Morgan fingerprint density at radius 1 is 1.00 bits per heavy atom. The van der Waals surface area contributed by atoms with Gasteiger partial charge in [-0.05, 0) is 24.3 Å². The van der Waals surface area contributed by atoms with E-state index < -0.39 is 0 Å². The van der Waals surface area contributed by atoms with E-state index in [-0.39, 0.29) is 5.56 Å². The van der Waals surface area contributed by atoms with E-state index in [1.54, 1.807) is 21.7 Å². The molecule has 0 unspecified atom stereocenters. The lowest BCUT2D eigenvalue weighted by Crippen LogP contribution is -2.46. The van der Waals surface area contributed by atoms with E-state index in [0.717, 1.165) is 43.3 Å². The molecular formula is C21H20N10O. The fraction of sp³-hybridized carbons (Fsp3) is 0.238. The van der Waals surface area contributed by atoms with E-state index >= 15 is 0 Å². The zero-order valence-corrected chi connectivity index (χ0v) is 17.2. The molecule has 5 heterocycles. The number of nitrogens with zero attached hydrogens (tertiary/aromatic N) is 9. The Balaban J connectivity index is 1.20. The highest BCUT2D eigenvalue weighted by molar-refractivity contribution is 5.75. The summed E-state index contributed by atoms with van der Waals surface area (Å²) in [5.41, 5.74) is 2.00. The minimum atomic E-state index is -0.169. The van der Waals surface area contributed by atoms with Crippen LogP contribution < -0.4 is 10.5 Å². The van der Waals surface area contributed by atoms with Crippen molar-refractivity contribution in [3.8, 4) is 5.69 Å². The maximum atomic E-state index is 12.6. The van der Waals surface area contributed by atoms with Crippen molar-refractivity contribution >= 4 is 22.5 Å². The number of hydrogen-bond acceptors (Lipinski definition) is 8. The van der Waals surface area contributed by atoms with Gasteiger partial charge in [0.1, 0.15) is 23.4 Å². The van der Waals surface area contributed by atoms with Gasteiger partial charge in [-0.25, -0.2) is 9.67 Å². The van der Waals surface area contributed by atoms with Crippen LogP contribution in [0.2, 0.25) is 0 Å². The largest absolute Gasteiger partial charge is 0.353 e. The number of fused-ring (bicyclic) bond motifs is 2. The number of aromatic nitrogens is 8. The number of rotatable bonds is 4. The number of H-pyrrole nitrogens is 1. The van der Waals surface area contributed by atoms with Crippen LogP contribution in [0.4, 0.5) is 5.82 Å². The lowest BCUT2D eigenvalue weighted by Gasteiger charge is -2.34. The average molecular weight is 428 g/mol. The van der Waals surface area contributed by atoms with Gasteiger partial charge in [0.2, 0.25) is 0 Å². The SMILES string of the molecule is O=c1[nH]c(CN2CCN(c3ccc4nncn4n3)CC2)nc2c1cnn2-c1ccccc1. The number of aromatic amines is 1. The van der Waals surface area contributed by atoms with Gasteiger partial charge in [0.25, 0.3) is 5.56 Å². The van der Waals surface area contributed by atoms with Crippen molar-refractivity contribution in [1.82, 2.24) is 44.5 Å². The van der Waals surface area contributed by atoms with Crippen LogP contribution in [-0.4, -0.2) is 70.6 Å². The minimum absolute atomic E-state index is 0.169. The second kappa shape index (κ2) is 7.54. The molecule has 0 atom stereocenters. The second-order valence-corrected chi connectivity index (χ2v) is 7.73. The highest BCUT2D eigenvalue weighted by Crippen LogP contribution is 2.16. The number of para-hydroxylation sites is 1. The molecule has 11 nitrogen and oxygen atoms in total. The van der Waals surface area contributed by atoms with Crippen molar-refractivity contribution < 1.29 is 0 Å². The third-order valence-corrected chi connectivity index (χ3v) is 5.71. The quantitative estimate of drug-likeness (QED) is 0.449. The smallest absolute Gasteiger partial charge is 0.262 e. The molecule has 1 aliphatic heterocycles. The van der Waals surface area contributed by atoms with E-state index in [4.69, 9.17) is 4.98 Å². The summed E-state index contributed by atoms with van der Waals surface area (Å²) in [5, 5.41) is 17.3. The average Bonchev–Trinajstić information content (AvgIpc) is 3.47. The standard InChI is InChI=1S/C21H20N10O/c32-21-16-12-23-31(15-4-2-1-3-5-15)20(16)24-17(25-21)13-28-8-10-29(11-9-28)19-7-6-18-26-22-14-30(18)27-19/h1-7,12,14H,8-11,13H2,(H,24,25,32). The number of nitrogens with one attached hydrogen (secondary N) is 1. The lowest BCUT2D eigenvalue weighted by atomic mass is 10.3. The van der Waals surface area contributed by atoms with Gasteiger partial charge in [0.05, 0.1) is 18.4 Å². The summed E-state index contributed by atoms with van der Waals surface area (Å²) in [6.45, 7) is 3.89. The summed E-state index contributed by atoms with van der Waals surface area (Å²) >= 11 is 0.